The zero-order valence-electron chi connectivity index (χ0n) is 14.4. The van der Waals surface area contributed by atoms with Gasteiger partial charge < -0.3 is 19.9 Å². The number of esters is 1. The first-order valence-electron chi connectivity index (χ1n) is 8.22. The van der Waals surface area contributed by atoms with Crippen molar-refractivity contribution in [1.29, 1.82) is 0 Å². The predicted molar refractivity (Wildman–Crippen MR) is 86.4 cm³/mol. The summed E-state index contributed by atoms with van der Waals surface area (Å²) in [6, 6.07) is 0.0897. The number of ether oxygens (including phenoxy) is 1. The number of nitrogens with one attached hydrogen (secondary N) is 1. The number of carbonyl (C=O) groups is 1. The van der Waals surface area contributed by atoms with Gasteiger partial charge in [0.2, 0.25) is 0 Å². The van der Waals surface area contributed by atoms with Crippen LogP contribution in [-0.4, -0.2) is 74.7 Å². The second-order valence-corrected chi connectivity index (χ2v) is 6.59. The van der Waals surface area contributed by atoms with E-state index < -0.39 is 0 Å². The Kier molecular flexibility index (Phi) is 8.22. The third kappa shape index (κ3) is 7.25. The smallest absolute Gasteiger partial charge is 0.323 e. The molecular weight excluding hydrogens is 266 g/mol. The molecule has 1 fully saturated rings. The fraction of sp³-hybridized carbons (Fsp3) is 0.938. The van der Waals surface area contributed by atoms with Gasteiger partial charge in [-0.05, 0) is 52.9 Å². The number of nitrogens with zero attached hydrogens (tertiary/aromatic N) is 2. The molecule has 124 valence electrons. The monoisotopic (exact) mass is 299 g/mol. The minimum atomic E-state index is -0.196. The quantitative estimate of drug-likeness (QED) is 0.648. The average Bonchev–Trinajstić information content (AvgIpc) is 2.79. The molecule has 0 spiro atoms. The van der Waals surface area contributed by atoms with Gasteiger partial charge in [0.05, 0.1) is 6.61 Å². The third-order valence-corrected chi connectivity index (χ3v) is 3.96. The van der Waals surface area contributed by atoms with Crippen LogP contribution in [0, 0.1) is 5.92 Å². The van der Waals surface area contributed by atoms with E-state index in [9.17, 15) is 4.79 Å². The lowest BCUT2D eigenvalue weighted by molar-refractivity contribution is -0.146. The van der Waals surface area contributed by atoms with E-state index in [2.05, 4.69) is 43.1 Å². The Labute approximate surface area is 130 Å². The fourth-order valence-electron chi connectivity index (χ4n) is 2.97. The second kappa shape index (κ2) is 9.38. The highest BCUT2D eigenvalue weighted by molar-refractivity contribution is 5.75. The van der Waals surface area contributed by atoms with Crippen molar-refractivity contribution in [1.82, 2.24) is 15.1 Å². The van der Waals surface area contributed by atoms with Crippen LogP contribution in [-0.2, 0) is 9.53 Å². The molecule has 0 bridgehead atoms. The number of rotatable bonds is 9. The Morgan fingerprint density at radius 3 is 2.71 bits per heavy atom. The Hall–Kier alpha value is -0.650. The van der Waals surface area contributed by atoms with Gasteiger partial charge >= 0.3 is 5.97 Å². The van der Waals surface area contributed by atoms with E-state index in [4.69, 9.17) is 4.74 Å². The van der Waals surface area contributed by atoms with Crippen LogP contribution in [0.25, 0.3) is 0 Å². The van der Waals surface area contributed by atoms with Gasteiger partial charge in [-0.25, -0.2) is 0 Å². The van der Waals surface area contributed by atoms with Gasteiger partial charge in [-0.2, -0.15) is 0 Å². The van der Waals surface area contributed by atoms with Crippen LogP contribution in [0.1, 0.15) is 33.6 Å². The lowest BCUT2D eigenvalue weighted by Gasteiger charge is -2.24. The van der Waals surface area contributed by atoms with Crippen LogP contribution in [0.3, 0.4) is 0 Å². The highest BCUT2D eigenvalue weighted by Gasteiger charge is 2.23. The molecule has 1 heterocycles. The maximum absolute atomic E-state index is 12.0. The summed E-state index contributed by atoms with van der Waals surface area (Å²) in [5, 5.41) is 3.31. The van der Waals surface area contributed by atoms with Crippen molar-refractivity contribution in [2.75, 3.05) is 46.9 Å². The summed E-state index contributed by atoms with van der Waals surface area (Å²) in [6.45, 7) is 10.8. The van der Waals surface area contributed by atoms with Gasteiger partial charge in [0.1, 0.15) is 6.04 Å². The molecular formula is C16H33N3O2. The molecule has 0 radical (unpaired) electrons. The summed E-state index contributed by atoms with van der Waals surface area (Å²) < 4.78 is 5.16. The topological polar surface area (TPSA) is 44.8 Å². The standard InChI is InChI=1S/C16H33N3O2/c1-6-21-16(20)15(17-13(2)3)8-10-19(5)12-14-7-9-18(4)11-14/h13-15,17H,6-12H2,1-5H3. The van der Waals surface area contributed by atoms with Gasteiger partial charge in [0.25, 0.3) is 0 Å². The van der Waals surface area contributed by atoms with Crippen LogP contribution in [0.5, 0.6) is 0 Å². The highest BCUT2D eigenvalue weighted by Crippen LogP contribution is 2.15. The number of carbonyl (C=O) groups excluding carboxylic acids is 1. The highest BCUT2D eigenvalue weighted by atomic mass is 16.5. The van der Waals surface area contributed by atoms with E-state index in [1.165, 1.54) is 19.5 Å². The molecule has 21 heavy (non-hydrogen) atoms. The van der Waals surface area contributed by atoms with Crippen molar-refractivity contribution < 1.29 is 9.53 Å². The summed E-state index contributed by atoms with van der Waals surface area (Å²) in [4.78, 5) is 16.7. The molecule has 5 heteroatoms. The van der Waals surface area contributed by atoms with Crippen molar-refractivity contribution in [2.24, 2.45) is 5.92 Å². The summed E-state index contributed by atoms with van der Waals surface area (Å²) >= 11 is 0. The van der Waals surface area contributed by atoms with Gasteiger partial charge in [-0.3, -0.25) is 4.79 Å². The summed E-state index contributed by atoms with van der Waals surface area (Å²) in [5.74, 6) is 0.638. The zero-order valence-corrected chi connectivity index (χ0v) is 14.4. The molecule has 2 atom stereocenters. The van der Waals surface area contributed by atoms with Crippen LogP contribution < -0.4 is 5.32 Å². The Balaban J connectivity index is 2.35. The molecule has 5 nitrogen and oxygen atoms in total. The largest absolute Gasteiger partial charge is 0.465 e. The molecule has 1 saturated heterocycles. The molecule has 1 aliphatic rings. The molecule has 0 saturated carbocycles. The molecule has 1 aliphatic heterocycles. The van der Waals surface area contributed by atoms with E-state index in [1.54, 1.807) is 0 Å². The molecule has 0 aromatic rings. The Bertz CT molecular complexity index is 310. The van der Waals surface area contributed by atoms with E-state index in [-0.39, 0.29) is 18.1 Å². The SMILES string of the molecule is CCOC(=O)C(CCN(C)CC1CCN(C)C1)NC(C)C. The average molecular weight is 299 g/mol. The van der Waals surface area contributed by atoms with Gasteiger partial charge in [0.15, 0.2) is 0 Å². The van der Waals surface area contributed by atoms with Crippen LogP contribution in [0.4, 0.5) is 0 Å². The number of hydrogen-bond donors (Lipinski definition) is 1. The van der Waals surface area contributed by atoms with E-state index in [1.807, 2.05) is 6.92 Å². The summed E-state index contributed by atoms with van der Waals surface area (Å²) in [5.41, 5.74) is 0. The lowest BCUT2D eigenvalue weighted by atomic mass is 10.1. The fourth-order valence-corrected chi connectivity index (χ4v) is 2.97. The minimum Gasteiger partial charge on any atom is -0.465 e. The first kappa shape index (κ1) is 18.4. The molecule has 0 amide bonds. The molecule has 0 aromatic heterocycles. The third-order valence-electron chi connectivity index (χ3n) is 3.96. The Morgan fingerprint density at radius 2 is 2.19 bits per heavy atom. The molecule has 1 N–H and O–H groups in total. The molecule has 1 rings (SSSR count). The van der Waals surface area contributed by atoms with Crippen LogP contribution >= 0.6 is 0 Å². The van der Waals surface area contributed by atoms with E-state index >= 15 is 0 Å². The van der Waals surface area contributed by atoms with Crippen molar-refractivity contribution in [3.05, 3.63) is 0 Å². The minimum absolute atomic E-state index is 0.125. The Morgan fingerprint density at radius 1 is 1.48 bits per heavy atom. The maximum Gasteiger partial charge on any atom is 0.323 e. The van der Waals surface area contributed by atoms with Crippen molar-refractivity contribution in [3.63, 3.8) is 0 Å². The van der Waals surface area contributed by atoms with Gasteiger partial charge in [0, 0.05) is 19.1 Å². The molecule has 2 unspecified atom stereocenters. The van der Waals surface area contributed by atoms with Crippen molar-refractivity contribution >= 4 is 5.97 Å². The predicted octanol–water partition coefficient (Wildman–Crippen LogP) is 1.19. The molecule has 0 aliphatic carbocycles. The summed E-state index contributed by atoms with van der Waals surface area (Å²) in [6.07, 6.45) is 2.09. The van der Waals surface area contributed by atoms with Crippen LogP contribution in [0.2, 0.25) is 0 Å². The first-order valence-corrected chi connectivity index (χ1v) is 8.22. The number of hydrogen-bond acceptors (Lipinski definition) is 5. The van der Waals surface area contributed by atoms with Crippen LogP contribution in [0.15, 0.2) is 0 Å². The van der Waals surface area contributed by atoms with Gasteiger partial charge in [-0.15, -0.1) is 0 Å². The normalized spacial score (nSPS) is 21.2. The summed E-state index contributed by atoms with van der Waals surface area (Å²) in [7, 11) is 4.33. The zero-order chi connectivity index (χ0) is 15.8. The molecule has 0 aromatic carbocycles. The lowest BCUT2D eigenvalue weighted by Crippen LogP contribution is -2.44. The van der Waals surface area contributed by atoms with E-state index in [0.29, 0.717) is 6.61 Å². The number of likely N-dealkylation sites (tertiary alicyclic amines) is 1. The van der Waals surface area contributed by atoms with Crippen molar-refractivity contribution in [2.45, 2.75) is 45.7 Å². The maximum atomic E-state index is 12.0. The first-order chi connectivity index (χ1) is 9.92. The second-order valence-electron chi connectivity index (χ2n) is 6.59. The van der Waals surface area contributed by atoms with Gasteiger partial charge in [-0.1, -0.05) is 13.8 Å². The van der Waals surface area contributed by atoms with Crippen molar-refractivity contribution in [3.8, 4) is 0 Å². The van der Waals surface area contributed by atoms with E-state index in [0.717, 1.165) is 25.4 Å².